The van der Waals surface area contributed by atoms with Crippen molar-refractivity contribution in [3.63, 3.8) is 0 Å². The lowest BCUT2D eigenvalue weighted by atomic mass is 9.95. The van der Waals surface area contributed by atoms with E-state index >= 15 is 0 Å². The molecule has 0 aliphatic carbocycles. The highest BCUT2D eigenvalue weighted by Gasteiger charge is 2.30. The van der Waals surface area contributed by atoms with Gasteiger partial charge < -0.3 is 4.90 Å². The third-order valence-corrected chi connectivity index (χ3v) is 4.81. The van der Waals surface area contributed by atoms with Crippen molar-refractivity contribution >= 4 is 17.2 Å². The van der Waals surface area contributed by atoms with Crippen LogP contribution in [0.2, 0.25) is 0 Å². The van der Waals surface area contributed by atoms with Crippen LogP contribution in [0.5, 0.6) is 0 Å². The van der Waals surface area contributed by atoms with E-state index in [2.05, 4.69) is 15.5 Å². The number of aromatic nitrogens is 4. The van der Waals surface area contributed by atoms with Crippen molar-refractivity contribution < 1.29 is 4.79 Å². The van der Waals surface area contributed by atoms with E-state index in [0.717, 1.165) is 4.88 Å². The summed E-state index contributed by atoms with van der Waals surface area (Å²) in [6.45, 7) is 9.96. The number of hydrogen-bond acceptors (Lipinski definition) is 5. The molecule has 120 valence electrons. The lowest BCUT2D eigenvalue weighted by Gasteiger charge is -2.28. The Bertz CT molecular complexity index is 629. The summed E-state index contributed by atoms with van der Waals surface area (Å²) in [7, 11) is 1.82. The van der Waals surface area contributed by atoms with Gasteiger partial charge in [0.1, 0.15) is 6.04 Å². The van der Waals surface area contributed by atoms with Gasteiger partial charge in [0.15, 0.2) is 5.82 Å². The fourth-order valence-electron chi connectivity index (χ4n) is 2.26. The van der Waals surface area contributed by atoms with Gasteiger partial charge in [0.2, 0.25) is 5.91 Å². The van der Waals surface area contributed by atoms with E-state index in [1.807, 2.05) is 59.2 Å². The third-order valence-electron chi connectivity index (χ3n) is 3.77. The van der Waals surface area contributed by atoms with Gasteiger partial charge >= 0.3 is 0 Å². The Labute approximate surface area is 135 Å². The Balaban J connectivity index is 2.21. The summed E-state index contributed by atoms with van der Waals surface area (Å²) in [5, 5.41) is 13.9. The summed E-state index contributed by atoms with van der Waals surface area (Å²) in [4.78, 5) is 15.7. The Morgan fingerprint density at radius 1 is 1.36 bits per heavy atom. The predicted octanol–water partition coefficient (Wildman–Crippen LogP) is 2.81. The smallest absolute Gasteiger partial charge is 0.247 e. The lowest BCUT2D eigenvalue weighted by molar-refractivity contribution is -0.135. The molecule has 0 aromatic carbocycles. The highest BCUT2D eigenvalue weighted by molar-refractivity contribution is 7.10. The number of carbonyl (C=O) groups excluding carboxylic acids is 1. The Kier molecular flexibility index (Phi) is 4.65. The zero-order chi connectivity index (χ0) is 16.5. The monoisotopic (exact) mass is 321 g/mol. The molecule has 0 saturated carbocycles. The molecule has 2 rings (SSSR count). The molecular weight excluding hydrogens is 298 g/mol. The summed E-state index contributed by atoms with van der Waals surface area (Å²) in [6.07, 6.45) is 0. The van der Waals surface area contributed by atoms with Gasteiger partial charge in [-0.05, 0) is 35.7 Å². The second-order valence-electron chi connectivity index (χ2n) is 6.51. The second-order valence-corrected chi connectivity index (χ2v) is 7.49. The summed E-state index contributed by atoms with van der Waals surface area (Å²) in [5.74, 6) is 0.712. The first kappa shape index (κ1) is 16.6. The maximum Gasteiger partial charge on any atom is 0.247 e. The highest BCUT2D eigenvalue weighted by atomic mass is 32.1. The Hall–Kier alpha value is -1.76. The molecule has 2 heterocycles. The van der Waals surface area contributed by atoms with Gasteiger partial charge in [0, 0.05) is 17.3 Å². The average Bonchev–Trinajstić information content (AvgIpc) is 3.13. The van der Waals surface area contributed by atoms with E-state index in [1.54, 1.807) is 20.9 Å². The molecule has 2 aromatic heterocycles. The number of tetrazole rings is 1. The molecule has 0 spiro atoms. The first-order chi connectivity index (χ1) is 10.2. The first-order valence-electron chi connectivity index (χ1n) is 7.32. The van der Waals surface area contributed by atoms with Gasteiger partial charge in [-0.15, -0.1) is 16.4 Å². The number of hydrogen-bond donors (Lipinski definition) is 0. The Morgan fingerprint density at radius 2 is 2.05 bits per heavy atom. The van der Waals surface area contributed by atoms with Crippen LogP contribution in [0.1, 0.15) is 57.4 Å². The van der Waals surface area contributed by atoms with Crippen LogP contribution in [0.25, 0.3) is 0 Å². The average molecular weight is 321 g/mol. The third kappa shape index (κ3) is 3.19. The largest absolute Gasteiger partial charge is 0.336 e. The second kappa shape index (κ2) is 6.16. The zero-order valence-corrected chi connectivity index (χ0v) is 14.8. The molecule has 7 heteroatoms. The van der Waals surface area contributed by atoms with Gasteiger partial charge in [0.25, 0.3) is 0 Å². The van der Waals surface area contributed by atoms with E-state index in [-0.39, 0.29) is 17.4 Å². The Morgan fingerprint density at radius 3 is 2.59 bits per heavy atom. The number of rotatable bonds is 4. The molecule has 22 heavy (non-hydrogen) atoms. The maximum absolute atomic E-state index is 12.8. The fourth-order valence-corrected chi connectivity index (χ4v) is 3.08. The molecule has 6 nitrogen and oxygen atoms in total. The van der Waals surface area contributed by atoms with Crippen molar-refractivity contribution in [2.24, 2.45) is 0 Å². The van der Waals surface area contributed by atoms with Gasteiger partial charge in [-0.3, -0.25) is 4.79 Å². The number of thiophene rings is 1. The molecule has 0 radical (unpaired) electrons. The summed E-state index contributed by atoms with van der Waals surface area (Å²) >= 11 is 1.65. The molecule has 2 aromatic rings. The van der Waals surface area contributed by atoms with E-state index < -0.39 is 6.04 Å². The molecule has 0 aliphatic heterocycles. The van der Waals surface area contributed by atoms with Crippen molar-refractivity contribution in [3.05, 3.63) is 28.2 Å². The van der Waals surface area contributed by atoms with Crippen molar-refractivity contribution in [3.8, 4) is 0 Å². The minimum atomic E-state index is -0.434. The van der Waals surface area contributed by atoms with Crippen LogP contribution in [-0.2, 0) is 10.2 Å². The number of nitrogens with zero attached hydrogens (tertiary/aromatic N) is 5. The van der Waals surface area contributed by atoms with Crippen LogP contribution < -0.4 is 0 Å². The molecule has 2 atom stereocenters. The van der Waals surface area contributed by atoms with Crippen molar-refractivity contribution in [1.29, 1.82) is 0 Å². The topological polar surface area (TPSA) is 63.9 Å². The minimum Gasteiger partial charge on any atom is -0.336 e. The van der Waals surface area contributed by atoms with Crippen LogP contribution in [0.4, 0.5) is 0 Å². The van der Waals surface area contributed by atoms with E-state index in [9.17, 15) is 4.79 Å². The maximum atomic E-state index is 12.8. The van der Waals surface area contributed by atoms with Gasteiger partial charge in [0.05, 0.1) is 6.04 Å². The van der Waals surface area contributed by atoms with E-state index in [4.69, 9.17) is 0 Å². The summed E-state index contributed by atoms with van der Waals surface area (Å²) < 4.78 is 1.62. The van der Waals surface area contributed by atoms with E-state index in [0.29, 0.717) is 5.82 Å². The molecule has 0 N–H and O–H groups in total. The number of likely N-dealkylation sites (N-methyl/N-ethyl adjacent to an activating group) is 1. The van der Waals surface area contributed by atoms with Gasteiger partial charge in [-0.1, -0.05) is 26.8 Å². The van der Waals surface area contributed by atoms with Crippen molar-refractivity contribution in [2.75, 3.05) is 7.05 Å². The number of amides is 1. The molecule has 0 saturated heterocycles. The minimum absolute atomic E-state index is 0.00120. The van der Waals surface area contributed by atoms with Gasteiger partial charge in [-0.2, -0.15) is 0 Å². The fraction of sp³-hybridized carbons (Fsp3) is 0.600. The van der Waals surface area contributed by atoms with E-state index in [1.165, 1.54) is 0 Å². The van der Waals surface area contributed by atoms with Crippen LogP contribution in [0.3, 0.4) is 0 Å². The first-order valence-corrected chi connectivity index (χ1v) is 8.20. The van der Waals surface area contributed by atoms with Crippen LogP contribution in [0.15, 0.2) is 17.5 Å². The molecular formula is C15H23N5OS. The molecule has 0 bridgehead atoms. The normalized spacial score (nSPS) is 14.6. The van der Waals surface area contributed by atoms with Crippen LogP contribution >= 0.6 is 11.3 Å². The van der Waals surface area contributed by atoms with Crippen LogP contribution in [-0.4, -0.2) is 38.1 Å². The molecule has 1 amide bonds. The molecule has 0 unspecified atom stereocenters. The standard InChI is InChI=1S/C15H23N5OS/c1-10(12-8-7-9-22-12)19(6)13(21)11(2)20-14(15(3,4)5)16-17-18-20/h7-11H,1-6H3/t10-,11+/m1/s1. The highest BCUT2D eigenvalue weighted by Crippen LogP contribution is 2.27. The van der Waals surface area contributed by atoms with Crippen molar-refractivity contribution in [1.82, 2.24) is 25.1 Å². The van der Waals surface area contributed by atoms with Crippen LogP contribution in [0, 0.1) is 0 Å². The van der Waals surface area contributed by atoms with Gasteiger partial charge in [-0.25, -0.2) is 4.68 Å². The predicted molar refractivity (Wildman–Crippen MR) is 86.7 cm³/mol. The summed E-state index contributed by atoms with van der Waals surface area (Å²) in [6, 6.07) is 3.64. The lowest BCUT2D eigenvalue weighted by Crippen LogP contribution is -2.36. The summed E-state index contributed by atoms with van der Waals surface area (Å²) in [5.41, 5.74) is -0.212. The quantitative estimate of drug-likeness (QED) is 0.868. The SMILES string of the molecule is C[C@H](c1cccs1)N(C)C(=O)[C@H](C)n1nnnc1C(C)(C)C. The van der Waals surface area contributed by atoms with Crippen molar-refractivity contribution in [2.45, 2.75) is 52.1 Å². The number of carbonyl (C=O) groups is 1. The molecule has 0 aliphatic rings. The molecule has 0 fully saturated rings. The zero-order valence-electron chi connectivity index (χ0n) is 13.9.